The zero-order valence-electron chi connectivity index (χ0n) is 12.3. The lowest BCUT2D eigenvalue weighted by atomic mass is 10.1. The molecule has 0 aliphatic heterocycles. The third-order valence-electron chi connectivity index (χ3n) is 3.22. The minimum absolute atomic E-state index is 0.0146. The molecule has 1 unspecified atom stereocenters. The Hall–Kier alpha value is -0.780. The fourth-order valence-corrected chi connectivity index (χ4v) is 2.62. The van der Waals surface area contributed by atoms with Gasteiger partial charge in [-0.2, -0.15) is 0 Å². The SMILES string of the molecule is CNC(C)c1cc(Cl)ccc1OCCS(=O)(=O)C(C)C. The molecule has 1 aromatic rings. The molecule has 0 amide bonds. The van der Waals surface area contributed by atoms with Gasteiger partial charge in [0.2, 0.25) is 0 Å². The summed E-state index contributed by atoms with van der Waals surface area (Å²) in [5.74, 6) is 0.677. The molecule has 0 spiro atoms. The van der Waals surface area contributed by atoms with Crippen molar-refractivity contribution in [3.05, 3.63) is 28.8 Å². The standard InChI is InChI=1S/C14H22ClNO3S/c1-10(2)20(17,18)8-7-19-14-6-5-12(15)9-13(14)11(3)16-4/h5-6,9-11,16H,7-8H2,1-4H3. The average Bonchev–Trinajstić information content (AvgIpc) is 2.39. The second-order valence-corrected chi connectivity index (χ2v) is 8.07. The minimum atomic E-state index is -3.08. The highest BCUT2D eigenvalue weighted by atomic mass is 35.5. The molecular weight excluding hydrogens is 298 g/mol. The van der Waals surface area contributed by atoms with Crippen molar-refractivity contribution in [1.82, 2.24) is 5.32 Å². The summed E-state index contributed by atoms with van der Waals surface area (Å²) in [6.45, 7) is 5.48. The Morgan fingerprint density at radius 3 is 2.50 bits per heavy atom. The largest absolute Gasteiger partial charge is 0.492 e. The molecule has 0 radical (unpaired) electrons. The van der Waals surface area contributed by atoms with Crippen LogP contribution in [0.4, 0.5) is 0 Å². The van der Waals surface area contributed by atoms with Crippen LogP contribution >= 0.6 is 11.6 Å². The van der Waals surface area contributed by atoms with Crippen molar-refractivity contribution in [2.24, 2.45) is 0 Å². The van der Waals surface area contributed by atoms with E-state index in [1.807, 2.05) is 20.0 Å². The maximum Gasteiger partial charge on any atom is 0.155 e. The highest BCUT2D eigenvalue weighted by Gasteiger charge is 2.17. The van der Waals surface area contributed by atoms with Gasteiger partial charge in [0.25, 0.3) is 0 Å². The predicted octanol–water partition coefficient (Wildman–Crippen LogP) is 2.82. The number of hydrogen-bond donors (Lipinski definition) is 1. The quantitative estimate of drug-likeness (QED) is 0.839. The topological polar surface area (TPSA) is 55.4 Å². The third-order valence-corrected chi connectivity index (χ3v) is 5.62. The van der Waals surface area contributed by atoms with Crippen molar-refractivity contribution in [1.29, 1.82) is 0 Å². The summed E-state index contributed by atoms with van der Waals surface area (Å²) < 4.78 is 29.1. The van der Waals surface area contributed by atoms with Crippen molar-refractivity contribution < 1.29 is 13.2 Å². The van der Waals surface area contributed by atoms with Gasteiger partial charge in [-0.05, 0) is 46.0 Å². The molecule has 0 saturated carbocycles. The lowest BCUT2D eigenvalue weighted by molar-refractivity contribution is 0.333. The molecule has 114 valence electrons. The van der Waals surface area contributed by atoms with E-state index in [0.717, 1.165) is 5.56 Å². The molecule has 1 N–H and O–H groups in total. The Kier molecular flexibility index (Phi) is 6.30. The van der Waals surface area contributed by atoms with Gasteiger partial charge in [0.05, 0.1) is 11.0 Å². The summed E-state index contributed by atoms with van der Waals surface area (Å²) in [5, 5.41) is 3.36. The summed E-state index contributed by atoms with van der Waals surface area (Å²) in [7, 11) is -1.24. The maximum atomic E-state index is 11.7. The van der Waals surface area contributed by atoms with Gasteiger partial charge in [-0.3, -0.25) is 0 Å². The number of ether oxygens (including phenoxy) is 1. The Morgan fingerprint density at radius 1 is 1.30 bits per heavy atom. The molecule has 1 atom stereocenters. The van der Waals surface area contributed by atoms with Crippen LogP contribution in [0.1, 0.15) is 32.4 Å². The van der Waals surface area contributed by atoms with E-state index < -0.39 is 9.84 Å². The van der Waals surface area contributed by atoms with Crippen LogP contribution in [0.3, 0.4) is 0 Å². The van der Waals surface area contributed by atoms with Gasteiger partial charge in [0.1, 0.15) is 12.4 Å². The van der Waals surface area contributed by atoms with E-state index in [-0.39, 0.29) is 23.7 Å². The Morgan fingerprint density at radius 2 is 1.95 bits per heavy atom. The molecule has 0 heterocycles. The van der Waals surface area contributed by atoms with Crippen molar-refractivity contribution in [3.8, 4) is 5.75 Å². The Balaban J connectivity index is 2.78. The van der Waals surface area contributed by atoms with Gasteiger partial charge < -0.3 is 10.1 Å². The van der Waals surface area contributed by atoms with E-state index in [2.05, 4.69) is 5.32 Å². The van der Waals surface area contributed by atoms with E-state index in [1.165, 1.54) is 0 Å². The summed E-state index contributed by atoms with van der Waals surface area (Å²) in [5.41, 5.74) is 0.918. The van der Waals surface area contributed by atoms with Crippen LogP contribution in [0.25, 0.3) is 0 Å². The van der Waals surface area contributed by atoms with Crippen LogP contribution in [-0.4, -0.2) is 33.1 Å². The van der Waals surface area contributed by atoms with Crippen molar-refractivity contribution in [3.63, 3.8) is 0 Å². The number of benzene rings is 1. The van der Waals surface area contributed by atoms with Crippen molar-refractivity contribution in [2.45, 2.75) is 32.1 Å². The molecule has 0 saturated heterocycles. The van der Waals surface area contributed by atoms with Crippen LogP contribution in [-0.2, 0) is 9.84 Å². The van der Waals surface area contributed by atoms with Gasteiger partial charge in [-0.1, -0.05) is 11.6 Å². The van der Waals surface area contributed by atoms with Gasteiger partial charge >= 0.3 is 0 Å². The first-order valence-corrected chi connectivity index (χ1v) is 8.68. The van der Waals surface area contributed by atoms with E-state index in [0.29, 0.717) is 10.8 Å². The van der Waals surface area contributed by atoms with Crippen LogP contribution in [0.15, 0.2) is 18.2 Å². The van der Waals surface area contributed by atoms with Crippen LogP contribution in [0, 0.1) is 0 Å². The normalized spacial score (nSPS) is 13.5. The first kappa shape index (κ1) is 17.3. The zero-order valence-corrected chi connectivity index (χ0v) is 13.9. The predicted molar refractivity (Wildman–Crippen MR) is 83.3 cm³/mol. The summed E-state index contributed by atoms with van der Waals surface area (Å²) in [4.78, 5) is 0. The van der Waals surface area contributed by atoms with Gasteiger partial charge in [0, 0.05) is 16.6 Å². The molecule has 0 bridgehead atoms. The number of sulfone groups is 1. The molecule has 1 rings (SSSR count). The highest BCUT2D eigenvalue weighted by Crippen LogP contribution is 2.28. The summed E-state index contributed by atoms with van der Waals surface area (Å²) in [6.07, 6.45) is 0. The highest BCUT2D eigenvalue weighted by molar-refractivity contribution is 7.91. The van der Waals surface area contributed by atoms with E-state index in [9.17, 15) is 8.42 Å². The van der Waals surface area contributed by atoms with E-state index in [4.69, 9.17) is 16.3 Å². The molecule has 0 fully saturated rings. The van der Waals surface area contributed by atoms with Gasteiger partial charge in [-0.25, -0.2) is 8.42 Å². The number of hydrogen-bond acceptors (Lipinski definition) is 4. The maximum absolute atomic E-state index is 11.7. The molecule has 0 aliphatic rings. The summed E-state index contributed by atoms with van der Waals surface area (Å²) in [6, 6.07) is 5.41. The van der Waals surface area contributed by atoms with Crippen molar-refractivity contribution in [2.75, 3.05) is 19.4 Å². The second-order valence-electron chi connectivity index (χ2n) is 4.96. The minimum Gasteiger partial charge on any atom is -0.492 e. The smallest absolute Gasteiger partial charge is 0.155 e. The van der Waals surface area contributed by atoms with Gasteiger partial charge in [0.15, 0.2) is 9.84 Å². The monoisotopic (exact) mass is 319 g/mol. The molecule has 6 heteroatoms. The third kappa shape index (κ3) is 4.65. The average molecular weight is 320 g/mol. The molecule has 0 aliphatic carbocycles. The lowest BCUT2D eigenvalue weighted by Gasteiger charge is -2.17. The zero-order chi connectivity index (χ0) is 15.3. The molecule has 0 aromatic heterocycles. The molecule has 1 aromatic carbocycles. The molecular formula is C14H22ClNO3S. The fourth-order valence-electron chi connectivity index (χ4n) is 1.65. The molecule has 20 heavy (non-hydrogen) atoms. The number of halogens is 1. The van der Waals surface area contributed by atoms with Crippen LogP contribution < -0.4 is 10.1 Å². The number of nitrogens with one attached hydrogen (secondary N) is 1. The van der Waals surface area contributed by atoms with Crippen molar-refractivity contribution >= 4 is 21.4 Å². The summed E-state index contributed by atoms with van der Waals surface area (Å²) >= 11 is 5.99. The van der Waals surface area contributed by atoms with Crippen LogP contribution in [0.5, 0.6) is 5.75 Å². The molecule has 4 nitrogen and oxygen atoms in total. The van der Waals surface area contributed by atoms with Crippen LogP contribution in [0.2, 0.25) is 5.02 Å². The second kappa shape index (κ2) is 7.29. The number of rotatable bonds is 7. The first-order valence-electron chi connectivity index (χ1n) is 6.59. The first-order chi connectivity index (χ1) is 9.27. The van der Waals surface area contributed by atoms with Gasteiger partial charge in [-0.15, -0.1) is 0 Å². The fraction of sp³-hybridized carbons (Fsp3) is 0.571. The Bertz CT molecular complexity index is 543. The Labute approximate surface area is 126 Å². The van der Waals surface area contributed by atoms with E-state index in [1.54, 1.807) is 26.0 Å². The van der Waals surface area contributed by atoms with E-state index >= 15 is 0 Å². The lowest BCUT2D eigenvalue weighted by Crippen LogP contribution is -2.22.